The summed E-state index contributed by atoms with van der Waals surface area (Å²) < 4.78 is 13.7. The SMILES string of the molecule is O=C(Cc1ccccc1F)NN(c1ccccc1)c1ccccc1. The topological polar surface area (TPSA) is 32.3 Å². The molecule has 4 heteroatoms. The highest BCUT2D eigenvalue weighted by molar-refractivity contribution is 5.82. The highest BCUT2D eigenvalue weighted by Gasteiger charge is 2.14. The average molecular weight is 320 g/mol. The van der Waals surface area contributed by atoms with Gasteiger partial charge in [-0.15, -0.1) is 0 Å². The minimum atomic E-state index is -0.376. The molecule has 3 nitrogen and oxygen atoms in total. The molecule has 1 N–H and O–H groups in total. The Balaban J connectivity index is 1.82. The first-order valence-electron chi connectivity index (χ1n) is 7.67. The summed E-state index contributed by atoms with van der Waals surface area (Å²) in [6.07, 6.45) is -0.0250. The molecule has 0 atom stereocenters. The Morgan fingerprint density at radius 3 is 1.83 bits per heavy atom. The molecular weight excluding hydrogens is 303 g/mol. The Morgan fingerprint density at radius 2 is 1.29 bits per heavy atom. The number of halogens is 1. The Morgan fingerprint density at radius 1 is 0.792 bits per heavy atom. The van der Waals surface area contributed by atoms with Gasteiger partial charge in [-0.3, -0.25) is 15.2 Å². The Labute approximate surface area is 140 Å². The van der Waals surface area contributed by atoms with Crippen LogP contribution in [0.5, 0.6) is 0 Å². The van der Waals surface area contributed by atoms with Crippen molar-refractivity contribution in [2.75, 3.05) is 5.01 Å². The molecule has 0 saturated carbocycles. The number of amides is 1. The fraction of sp³-hybridized carbons (Fsp3) is 0.0500. The quantitative estimate of drug-likeness (QED) is 0.713. The average Bonchev–Trinajstić information content (AvgIpc) is 2.63. The van der Waals surface area contributed by atoms with Gasteiger partial charge in [0, 0.05) is 0 Å². The normalized spacial score (nSPS) is 10.2. The molecule has 0 fully saturated rings. The second kappa shape index (κ2) is 7.42. The van der Waals surface area contributed by atoms with Gasteiger partial charge in [-0.05, 0) is 35.9 Å². The maximum atomic E-state index is 13.7. The summed E-state index contributed by atoms with van der Waals surface area (Å²) in [5.41, 5.74) is 4.87. The summed E-state index contributed by atoms with van der Waals surface area (Å²) in [5.74, 6) is -0.661. The predicted molar refractivity (Wildman–Crippen MR) is 93.3 cm³/mol. The minimum absolute atomic E-state index is 0.0250. The first-order valence-corrected chi connectivity index (χ1v) is 7.67. The molecule has 0 aromatic heterocycles. The summed E-state index contributed by atoms with van der Waals surface area (Å²) in [6, 6.07) is 25.3. The molecule has 0 spiro atoms. The van der Waals surface area contributed by atoms with Crippen molar-refractivity contribution < 1.29 is 9.18 Å². The number of rotatable bonds is 5. The van der Waals surface area contributed by atoms with Crippen LogP contribution in [0.1, 0.15) is 5.56 Å². The Kier molecular flexibility index (Phi) is 4.87. The minimum Gasteiger partial charge on any atom is -0.273 e. The van der Waals surface area contributed by atoms with E-state index in [1.807, 2.05) is 60.7 Å². The summed E-state index contributed by atoms with van der Waals surface area (Å²) in [7, 11) is 0. The van der Waals surface area contributed by atoms with Crippen LogP contribution in [0.4, 0.5) is 15.8 Å². The number of carbonyl (C=O) groups is 1. The van der Waals surface area contributed by atoms with Crippen LogP contribution in [-0.2, 0) is 11.2 Å². The van der Waals surface area contributed by atoms with Gasteiger partial charge in [-0.25, -0.2) is 4.39 Å². The second-order valence-corrected chi connectivity index (χ2v) is 5.31. The number of benzene rings is 3. The molecule has 0 unspecified atom stereocenters. The fourth-order valence-electron chi connectivity index (χ4n) is 2.41. The number of para-hydroxylation sites is 2. The van der Waals surface area contributed by atoms with E-state index in [-0.39, 0.29) is 18.1 Å². The highest BCUT2D eigenvalue weighted by atomic mass is 19.1. The lowest BCUT2D eigenvalue weighted by Crippen LogP contribution is -2.39. The van der Waals surface area contributed by atoms with Crippen LogP contribution in [0, 0.1) is 5.82 Å². The molecule has 24 heavy (non-hydrogen) atoms. The van der Waals surface area contributed by atoms with Crippen molar-refractivity contribution in [3.63, 3.8) is 0 Å². The van der Waals surface area contributed by atoms with E-state index in [1.165, 1.54) is 6.07 Å². The number of hydrazine groups is 1. The van der Waals surface area contributed by atoms with Crippen LogP contribution < -0.4 is 10.4 Å². The van der Waals surface area contributed by atoms with Crippen LogP contribution in [0.3, 0.4) is 0 Å². The molecule has 3 aromatic carbocycles. The zero-order valence-corrected chi connectivity index (χ0v) is 13.0. The van der Waals surface area contributed by atoms with Crippen LogP contribution >= 0.6 is 0 Å². The molecule has 0 radical (unpaired) electrons. The van der Waals surface area contributed by atoms with Crippen molar-refractivity contribution in [2.45, 2.75) is 6.42 Å². The van der Waals surface area contributed by atoms with Gasteiger partial charge < -0.3 is 0 Å². The van der Waals surface area contributed by atoms with Crippen molar-refractivity contribution in [3.05, 3.63) is 96.3 Å². The summed E-state index contributed by atoms with van der Waals surface area (Å²) in [5, 5.41) is 1.70. The molecule has 3 aromatic rings. The van der Waals surface area contributed by atoms with Crippen LogP contribution in [0.25, 0.3) is 0 Å². The number of nitrogens with one attached hydrogen (secondary N) is 1. The third-order valence-corrected chi connectivity index (χ3v) is 3.57. The van der Waals surface area contributed by atoms with E-state index in [4.69, 9.17) is 0 Å². The molecule has 0 aliphatic carbocycles. The van der Waals surface area contributed by atoms with Gasteiger partial charge in [0.25, 0.3) is 0 Å². The smallest absolute Gasteiger partial charge is 0.243 e. The number of hydrogen-bond acceptors (Lipinski definition) is 2. The standard InChI is InChI=1S/C20H17FN2O/c21-19-14-8-7-9-16(19)15-20(24)22-23(17-10-3-1-4-11-17)18-12-5-2-6-13-18/h1-14H,15H2,(H,22,24). The fourth-order valence-corrected chi connectivity index (χ4v) is 2.41. The molecule has 0 aliphatic heterocycles. The summed E-state index contributed by atoms with van der Waals surface area (Å²) in [6.45, 7) is 0. The molecule has 0 saturated heterocycles. The maximum Gasteiger partial charge on any atom is 0.243 e. The molecular formula is C20H17FN2O. The van der Waals surface area contributed by atoms with Crippen molar-refractivity contribution in [1.82, 2.24) is 5.43 Å². The first kappa shape index (κ1) is 15.7. The molecule has 120 valence electrons. The van der Waals surface area contributed by atoms with E-state index in [9.17, 15) is 9.18 Å². The lowest BCUT2D eigenvalue weighted by Gasteiger charge is -2.25. The van der Waals surface area contributed by atoms with E-state index in [0.717, 1.165) is 11.4 Å². The predicted octanol–water partition coefficient (Wildman–Crippen LogP) is 4.24. The molecule has 3 rings (SSSR count). The zero-order valence-electron chi connectivity index (χ0n) is 13.0. The van der Waals surface area contributed by atoms with Gasteiger partial charge in [0.05, 0.1) is 17.8 Å². The van der Waals surface area contributed by atoms with Crippen LogP contribution in [-0.4, -0.2) is 5.91 Å². The maximum absolute atomic E-state index is 13.7. The largest absolute Gasteiger partial charge is 0.273 e. The lowest BCUT2D eigenvalue weighted by molar-refractivity contribution is -0.120. The van der Waals surface area contributed by atoms with Crippen molar-refractivity contribution in [3.8, 4) is 0 Å². The van der Waals surface area contributed by atoms with E-state index >= 15 is 0 Å². The lowest BCUT2D eigenvalue weighted by atomic mass is 10.1. The Hall–Kier alpha value is -3.14. The number of hydrogen-bond donors (Lipinski definition) is 1. The summed E-state index contributed by atoms with van der Waals surface area (Å²) >= 11 is 0. The van der Waals surface area contributed by atoms with Crippen LogP contribution in [0.15, 0.2) is 84.9 Å². The Bertz CT molecular complexity index is 767. The molecule has 0 bridgehead atoms. The monoisotopic (exact) mass is 320 g/mol. The van der Waals surface area contributed by atoms with Gasteiger partial charge in [-0.1, -0.05) is 54.6 Å². The first-order chi connectivity index (χ1) is 11.7. The molecule has 1 amide bonds. The van der Waals surface area contributed by atoms with E-state index in [2.05, 4.69) is 5.43 Å². The van der Waals surface area contributed by atoms with Gasteiger partial charge >= 0.3 is 0 Å². The number of carbonyl (C=O) groups excluding carboxylic acids is 1. The zero-order chi connectivity index (χ0) is 16.8. The van der Waals surface area contributed by atoms with Crippen molar-refractivity contribution in [1.29, 1.82) is 0 Å². The van der Waals surface area contributed by atoms with E-state index in [1.54, 1.807) is 23.2 Å². The van der Waals surface area contributed by atoms with Gasteiger partial charge in [0.15, 0.2) is 0 Å². The third kappa shape index (κ3) is 3.79. The van der Waals surface area contributed by atoms with Gasteiger partial charge in [-0.2, -0.15) is 0 Å². The van der Waals surface area contributed by atoms with Crippen LogP contribution in [0.2, 0.25) is 0 Å². The third-order valence-electron chi connectivity index (χ3n) is 3.57. The van der Waals surface area contributed by atoms with E-state index in [0.29, 0.717) is 5.56 Å². The highest BCUT2D eigenvalue weighted by Crippen LogP contribution is 2.22. The van der Waals surface area contributed by atoms with Crippen molar-refractivity contribution >= 4 is 17.3 Å². The molecule has 0 aliphatic rings. The molecule has 0 heterocycles. The van der Waals surface area contributed by atoms with Crippen molar-refractivity contribution in [2.24, 2.45) is 0 Å². The van der Waals surface area contributed by atoms with Gasteiger partial charge in [0.1, 0.15) is 5.82 Å². The van der Waals surface area contributed by atoms with Gasteiger partial charge in [0.2, 0.25) is 5.91 Å². The summed E-state index contributed by atoms with van der Waals surface area (Å²) in [4.78, 5) is 12.4. The van der Waals surface area contributed by atoms with E-state index < -0.39 is 0 Å². The number of nitrogens with zero attached hydrogens (tertiary/aromatic N) is 1. The number of anilines is 2. The second-order valence-electron chi connectivity index (χ2n) is 5.31.